The van der Waals surface area contributed by atoms with Gasteiger partial charge in [0.2, 0.25) is 0 Å². The summed E-state index contributed by atoms with van der Waals surface area (Å²) in [6, 6.07) is 15.4. The summed E-state index contributed by atoms with van der Waals surface area (Å²) in [6.45, 7) is 6.21. The Kier molecular flexibility index (Phi) is 2.79. The topological polar surface area (TPSA) is 0 Å². The van der Waals surface area contributed by atoms with E-state index < -0.39 is 0 Å². The summed E-state index contributed by atoms with van der Waals surface area (Å²) in [4.78, 5) is 0. The highest BCUT2D eigenvalue weighted by atomic mass is 14.3. The van der Waals surface area contributed by atoms with Gasteiger partial charge in [0.15, 0.2) is 0 Å². The zero-order valence-electron chi connectivity index (χ0n) is 10.8. The lowest BCUT2D eigenvalue weighted by Crippen LogP contribution is -1.98. The van der Waals surface area contributed by atoms with E-state index in [0.29, 0.717) is 5.92 Å². The second kappa shape index (κ2) is 4.45. The third-order valence-corrected chi connectivity index (χ3v) is 4.01. The average Bonchev–Trinajstić information content (AvgIpc) is 2.80. The Morgan fingerprint density at radius 2 is 1.89 bits per heavy atom. The van der Waals surface area contributed by atoms with E-state index >= 15 is 0 Å². The summed E-state index contributed by atoms with van der Waals surface area (Å²) in [6.07, 6.45) is 4.28. The second-order valence-corrected chi connectivity index (χ2v) is 4.96. The molecule has 18 heavy (non-hydrogen) atoms. The van der Waals surface area contributed by atoms with Gasteiger partial charge in [-0.05, 0) is 40.7 Å². The molecule has 90 valence electrons. The maximum Gasteiger partial charge on any atom is 0.00157 e. The van der Waals surface area contributed by atoms with Crippen molar-refractivity contribution >= 4 is 0 Å². The molecule has 0 heterocycles. The fourth-order valence-electron chi connectivity index (χ4n) is 3.04. The van der Waals surface area contributed by atoms with E-state index in [9.17, 15) is 0 Å². The van der Waals surface area contributed by atoms with E-state index in [1.807, 2.05) is 0 Å². The van der Waals surface area contributed by atoms with Gasteiger partial charge in [-0.15, -0.1) is 6.58 Å². The number of fused-ring (bicyclic) bond motifs is 3. The molecule has 0 radical (unpaired) electrons. The van der Waals surface area contributed by atoms with Crippen LogP contribution in [0.15, 0.2) is 55.1 Å². The van der Waals surface area contributed by atoms with Gasteiger partial charge in [0.05, 0.1) is 0 Å². The molecule has 2 aromatic rings. The van der Waals surface area contributed by atoms with Gasteiger partial charge >= 0.3 is 0 Å². The number of benzene rings is 2. The molecule has 0 fully saturated rings. The summed E-state index contributed by atoms with van der Waals surface area (Å²) in [5.74, 6) is 0.481. The quantitative estimate of drug-likeness (QED) is 0.563. The molecule has 0 spiro atoms. The Morgan fingerprint density at radius 3 is 2.67 bits per heavy atom. The zero-order valence-corrected chi connectivity index (χ0v) is 10.8. The first-order valence-corrected chi connectivity index (χ1v) is 6.67. The van der Waals surface area contributed by atoms with Crippen LogP contribution >= 0.6 is 0 Å². The van der Waals surface area contributed by atoms with Gasteiger partial charge in [-0.2, -0.15) is 0 Å². The van der Waals surface area contributed by atoms with Crippen molar-refractivity contribution < 1.29 is 0 Å². The Hall–Kier alpha value is -1.82. The molecule has 1 aliphatic carbocycles. The van der Waals surface area contributed by atoms with Gasteiger partial charge in [-0.25, -0.2) is 0 Å². The van der Waals surface area contributed by atoms with Crippen molar-refractivity contribution in [1.29, 1.82) is 0 Å². The lowest BCUT2D eigenvalue weighted by atomic mass is 9.90. The van der Waals surface area contributed by atoms with Crippen LogP contribution < -0.4 is 0 Å². The summed E-state index contributed by atoms with van der Waals surface area (Å²) in [5, 5.41) is 0. The van der Waals surface area contributed by atoms with E-state index in [4.69, 9.17) is 0 Å². The van der Waals surface area contributed by atoms with Gasteiger partial charge in [0.25, 0.3) is 0 Å². The van der Waals surface area contributed by atoms with Crippen LogP contribution in [0.4, 0.5) is 0 Å². The molecule has 0 saturated heterocycles. The van der Waals surface area contributed by atoms with Crippen molar-refractivity contribution in [3.05, 3.63) is 71.8 Å². The SMILES string of the molecule is C=CC(CC)c1cccc2c1Cc1ccccc1-2. The van der Waals surface area contributed by atoms with Crippen LogP contribution in [0.25, 0.3) is 11.1 Å². The van der Waals surface area contributed by atoms with Crippen molar-refractivity contribution in [2.75, 3.05) is 0 Å². The van der Waals surface area contributed by atoms with Crippen molar-refractivity contribution in [2.45, 2.75) is 25.7 Å². The molecular weight excluding hydrogens is 216 g/mol. The van der Waals surface area contributed by atoms with Crippen LogP contribution in [-0.2, 0) is 6.42 Å². The van der Waals surface area contributed by atoms with E-state index in [1.165, 1.54) is 27.8 Å². The first-order chi connectivity index (χ1) is 8.85. The van der Waals surface area contributed by atoms with Gasteiger partial charge in [0.1, 0.15) is 0 Å². The summed E-state index contributed by atoms with van der Waals surface area (Å²) in [5.41, 5.74) is 7.25. The highest BCUT2D eigenvalue weighted by Crippen LogP contribution is 2.40. The third kappa shape index (κ3) is 1.60. The van der Waals surface area contributed by atoms with E-state index in [2.05, 4.69) is 62.0 Å². The van der Waals surface area contributed by atoms with E-state index in [0.717, 1.165) is 12.8 Å². The van der Waals surface area contributed by atoms with Crippen molar-refractivity contribution in [1.82, 2.24) is 0 Å². The fourth-order valence-corrected chi connectivity index (χ4v) is 3.04. The third-order valence-electron chi connectivity index (χ3n) is 4.01. The van der Waals surface area contributed by atoms with Crippen LogP contribution in [-0.4, -0.2) is 0 Å². The van der Waals surface area contributed by atoms with Crippen LogP contribution in [0.3, 0.4) is 0 Å². The minimum absolute atomic E-state index is 0.481. The number of hydrogen-bond donors (Lipinski definition) is 0. The monoisotopic (exact) mass is 234 g/mol. The molecule has 0 N–H and O–H groups in total. The van der Waals surface area contributed by atoms with Crippen molar-refractivity contribution in [3.63, 3.8) is 0 Å². The van der Waals surface area contributed by atoms with Crippen LogP contribution in [0, 0.1) is 0 Å². The van der Waals surface area contributed by atoms with Gasteiger partial charge in [-0.3, -0.25) is 0 Å². The lowest BCUT2D eigenvalue weighted by molar-refractivity contribution is 0.798. The smallest absolute Gasteiger partial charge is 0.00157 e. The first-order valence-electron chi connectivity index (χ1n) is 6.67. The average molecular weight is 234 g/mol. The summed E-state index contributed by atoms with van der Waals surface area (Å²) < 4.78 is 0. The highest BCUT2D eigenvalue weighted by Gasteiger charge is 2.22. The van der Waals surface area contributed by atoms with E-state index in [1.54, 1.807) is 0 Å². The normalized spacial score (nSPS) is 13.8. The predicted octanol–water partition coefficient (Wildman–Crippen LogP) is 4.94. The molecule has 0 amide bonds. The standard InChI is InChI=1S/C18H18/c1-3-13(4-2)15-10-7-11-17-16-9-6-5-8-14(16)12-18(15)17/h3,5-11,13H,1,4,12H2,2H3. The maximum atomic E-state index is 3.98. The van der Waals surface area contributed by atoms with Crippen LogP contribution in [0.2, 0.25) is 0 Å². The number of hydrogen-bond acceptors (Lipinski definition) is 0. The molecule has 2 aromatic carbocycles. The fraction of sp³-hybridized carbons (Fsp3) is 0.222. The molecule has 0 saturated carbocycles. The van der Waals surface area contributed by atoms with Gasteiger partial charge in [0, 0.05) is 5.92 Å². The molecule has 0 aliphatic heterocycles. The molecule has 3 rings (SSSR count). The molecule has 0 bridgehead atoms. The minimum Gasteiger partial charge on any atom is -0.102 e. The molecule has 1 aliphatic rings. The van der Waals surface area contributed by atoms with Crippen molar-refractivity contribution in [2.24, 2.45) is 0 Å². The first kappa shape index (κ1) is 11.3. The minimum atomic E-state index is 0.481. The summed E-state index contributed by atoms with van der Waals surface area (Å²) >= 11 is 0. The van der Waals surface area contributed by atoms with Crippen molar-refractivity contribution in [3.8, 4) is 11.1 Å². The zero-order chi connectivity index (χ0) is 12.5. The maximum absolute atomic E-state index is 3.98. The second-order valence-electron chi connectivity index (χ2n) is 4.96. The van der Waals surface area contributed by atoms with Crippen LogP contribution in [0.1, 0.15) is 36.0 Å². The number of rotatable bonds is 3. The van der Waals surface area contributed by atoms with Gasteiger partial charge in [-0.1, -0.05) is 55.5 Å². The molecule has 0 nitrogen and oxygen atoms in total. The van der Waals surface area contributed by atoms with Gasteiger partial charge < -0.3 is 0 Å². The van der Waals surface area contributed by atoms with Crippen LogP contribution in [0.5, 0.6) is 0 Å². The molecule has 0 aromatic heterocycles. The Morgan fingerprint density at radius 1 is 1.11 bits per heavy atom. The lowest BCUT2D eigenvalue weighted by Gasteiger charge is -2.15. The highest BCUT2D eigenvalue weighted by molar-refractivity contribution is 5.78. The number of allylic oxidation sites excluding steroid dienone is 1. The molecule has 1 unspecified atom stereocenters. The largest absolute Gasteiger partial charge is 0.102 e. The Labute approximate surface area is 109 Å². The molecule has 1 atom stereocenters. The molecule has 0 heteroatoms. The summed E-state index contributed by atoms with van der Waals surface area (Å²) in [7, 11) is 0. The molecular formula is C18H18. The Bertz CT molecular complexity index is 593. The Balaban J connectivity index is 2.16. The van der Waals surface area contributed by atoms with E-state index in [-0.39, 0.29) is 0 Å². The predicted molar refractivity (Wildman–Crippen MR) is 77.9 cm³/mol.